The van der Waals surface area contributed by atoms with Crippen LogP contribution in [0.15, 0.2) is 12.1 Å². The highest BCUT2D eigenvalue weighted by Crippen LogP contribution is 2.08. The number of unbranched alkanes of at least 4 members (excludes halogenated alkanes) is 1. The van der Waals surface area contributed by atoms with E-state index >= 15 is 0 Å². The zero-order valence-electron chi connectivity index (χ0n) is 10.8. The summed E-state index contributed by atoms with van der Waals surface area (Å²) in [5.74, 6) is 0.129. The number of ether oxygens (including phenoxy) is 1. The molecule has 1 rings (SSSR count). The molecule has 0 aromatic carbocycles. The van der Waals surface area contributed by atoms with Gasteiger partial charge in [-0.05, 0) is 18.6 Å². The second kappa shape index (κ2) is 7.60. The van der Waals surface area contributed by atoms with E-state index in [1.165, 1.54) is 7.11 Å². The molecule has 3 N–H and O–H groups in total. The number of methoxy groups -OCH3 is 1. The van der Waals surface area contributed by atoms with Crippen molar-refractivity contribution in [2.75, 3.05) is 19.0 Å². The van der Waals surface area contributed by atoms with Gasteiger partial charge in [-0.3, -0.25) is 0 Å². The van der Waals surface area contributed by atoms with Gasteiger partial charge < -0.3 is 15.8 Å². The Hall–Kier alpha value is -1.69. The first-order valence-electron chi connectivity index (χ1n) is 6.09. The highest BCUT2D eigenvalue weighted by Gasteiger charge is 2.10. The van der Waals surface area contributed by atoms with Crippen molar-refractivity contribution in [1.82, 2.24) is 10.2 Å². The third kappa shape index (κ3) is 4.29. The van der Waals surface area contributed by atoms with Crippen LogP contribution in [-0.4, -0.2) is 35.9 Å². The second-order valence-electron chi connectivity index (χ2n) is 4.01. The monoisotopic (exact) mass is 252 g/mol. The predicted molar refractivity (Wildman–Crippen MR) is 69.4 cm³/mol. The molecule has 0 aliphatic heterocycles. The zero-order chi connectivity index (χ0) is 13.4. The second-order valence-corrected chi connectivity index (χ2v) is 4.01. The molecule has 0 fully saturated rings. The van der Waals surface area contributed by atoms with Crippen molar-refractivity contribution in [3.63, 3.8) is 0 Å². The lowest BCUT2D eigenvalue weighted by molar-refractivity contribution is 0.0593. The van der Waals surface area contributed by atoms with Gasteiger partial charge in [-0.15, -0.1) is 10.2 Å². The Morgan fingerprint density at radius 3 is 2.78 bits per heavy atom. The van der Waals surface area contributed by atoms with Crippen molar-refractivity contribution in [2.45, 2.75) is 32.2 Å². The van der Waals surface area contributed by atoms with Crippen molar-refractivity contribution in [3.8, 4) is 0 Å². The number of nitrogens with two attached hydrogens (primary N) is 1. The molecule has 6 heteroatoms. The lowest BCUT2D eigenvalue weighted by Crippen LogP contribution is -2.29. The Labute approximate surface area is 107 Å². The third-order valence-corrected chi connectivity index (χ3v) is 2.60. The van der Waals surface area contributed by atoms with Gasteiger partial charge in [0.05, 0.1) is 7.11 Å². The topological polar surface area (TPSA) is 90.1 Å². The maximum atomic E-state index is 11.2. The first-order valence-corrected chi connectivity index (χ1v) is 6.09. The van der Waals surface area contributed by atoms with Crippen LogP contribution in [0.2, 0.25) is 0 Å². The first-order chi connectivity index (χ1) is 8.71. The van der Waals surface area contributed by atoms with E-state index in [-0.39, 0.29) is 11.7 Å². The molecule has 0 spiro atoms. The molecule has 18 heavy (non-hydrogen) atoms. The van der Waals surface area contributed by atoms with Gasteiger partial charge in [-0.25, -0.2) is 4.79 Å². The summed E-state index contributed by atoms with van der Waals surface area (Å²) in [6, 6.07) is 3.46. The Morgan fingerprint density at radius 1 is 1.50 bits per heavy atom. The molecule has 0 amide bonds. The van der Waals surface area contributed by atoms with Crippen LogP contribution in [0.4, 0.5) is 5.82 Å². The van der Waals surface area contributed by atoms with Crippen LogP contribution < -0.4 is 11.1 Å². The zero-order valence-corrected chi connectivity index (χ0v) is 10.8. The molecule has 1 unspecified atom stereocenters. The van der Waals surface area contributed by atoms with Crippen LogP contribution in [0, 0.1) is 0 Å². The molecule has 0 saturated heterocycles. The Morgan fingerprint density at radius 2 is 2.28 bits per heavy atom. The number of carbonyl (C=O) groups excluding carboxylic acids is 1. The average molecular weight is 252 g/mol. The summed E-state index contributed by atoms with van der Waals surface area (Å²) in [7, 11) is 1.31. The summed E-state index contributed by atoms with van der Waals surface area (Å²) < 4.78 is 4.55. The van der Waals surface area contributed by atoms with Gasteiger partial charge in [0.2, 0.25) is 0 Å². The smallest absolute Gasteiger partial charge is 0.358 e. The molecular weight excluding hydrogens is 232 g/mol. The van der Waals surface area contributed by atoms with Gasteiger partial charge in [0, 0.05) is 12.6 Å². The lowest BCUT2D eigenvalue weighted by Gasteiger charge is -2.16. The van der Waals surface area contributed by atoms with E-state index in [4.69, 9.17) is 5.73 Å². The molecule has 1 heterocycles. The minimum Gasteiger partial charge on any atom is -0.464 e. The van der Waals surface area contributed by atoms with Crippen LogP contribution in [0.25, 0.3) is 0 Å². The molecule has 100 valence electrons. The Kier molecular flexibility index (Phi) is 6.07. The van der Waals surface area contributed by atoms with Gasteiger partial charge in [0.25, 0.3) is 0 Å². The molecule has 0 bridgehead atoms. The standard InChI is InChI=1S/C12H20N4O2/c1-3-4-5-9(8-13)14-11-7-6-10(15-16-11)12(17)18-2/h6-7,9H,3-5,8,13H2,1-2H3,(H,14,16). The highest BCUT2D eigenvalue weighted by molar-refractivity contribution is 5.86. The van der Waals surface area contributed by atoms with Crippen LogP contribution >= 0.6 is 0 Å². The first kappa shape index (κ1) is 14.4. The summed E-state index contributed by atoms with van der Waals surface area (Å²) in [6.45, 7) is 2.68. The SMILES string of the molecule is CCCCC(CN)Nc1ccc(C(=O)OC)nn1. The largest absolute Gasteiger partial charge is 0.464 e. The molecule has 0 aliphatic rings. The van der Waals surface area contributed by atoms with Gasteiger partial charge in [0.1, 0.15) is 5.82 Å². The average Bonchev–Trinajstić information content (AvgIpc) is 2.43. The minimum atomic E-state index is -0.490. The summed E-state index contributed by atoms with van der Waals surface area (Å²) >= 11 is 0. The van der Waals surface area contributed by atoms with E-state index in [1.807, 2.05) is 0 Å². The summed E-state index contributed by atoms with van der Waals surface area (Å²) in [4.78, 5) is 11.2. The van der Waals surface area contributed by atoms with Crippen LogP contribution in [0.3, 0.4) is 0 Å². The number of rotatable bonds is 7. The molecule has 0 radical (unpaired) electrons. The van der Waals surface area contributed by atoms with E-state index in [0.29, 0.717) is 12.4 Å². The van der Waals surface area contributed by atoms with Gasteiger partial charge in [-0.1, -0.05) is 19.8 Å². The predicted octanol–water partition coefficient (Wildman–Crippen LogP) is 1.19. The van der Waals surface area contributed by atoms with Crippen LogP contribution in [0.1, 0.15) is 36.7 Å². The molecule has 1 aromatic heterocycles. The summed E-state index contributed by atoms with van der Waals surface area (Å²) in [5.41, 5.74) is 5.87. The maximum absolute atomic E-state index is 11.2. The third-order valence-electron chi connectivity index (χ3n) is 2.60. The molecular formula is C12H20N4O2. The molecule has 1 atom stereocenters. The maximum Gasteiger partial charge on any atom is 0.358 e. The molecule has 1 aromatic rings. The quantitative estimate of drug-likeness (QED) is 0.708. The van der Waals surface area contributed by atoms with E-state index in [2.05, 4.69) is 27.2 Å². The fourth-order valence-corrected chi connectivity index (χ4v) is 1.53. The fourth-order valence-electron chi connectivity index (χ4n) is 1.53. The number of aromatic nitrogens is 2. The van der Waals surface area contributed by atoms with Crippen LogP contribution in [0.5, 0.6) is 0 Å². The van der Waals surface area contributed by atoms with Crippen molar-refractivity contribution in [3.05, 3.63) is 17.8 Å². The van der Waals surface area contributed by atoms with Crippen molar-refractivity contribution < 1.29 is 9.53 Å². The van der Waals surface area contributed by atoms with Crippen molar-refractivity contribution in [1.29, 1.82) is 0 Å². The van der Waals surface area contributed by atoms with Gasteiger partial charge in [0.15, 0.2) is 5.69 Å². The Bertz CT molecular complexity index is 367. The summed E-state index contributed by atoms with van der Waals surface area (Å²) in [6.07, 6.45) is 3.24. The number of esters is 1. The molecule has 0 aliphatic carbocycles. The van der Waals surface area contributed by atoms with E-state index in [0.717, 1.165) is 19.3 Å². The highest BCUT2D eigenvalue weighted by atomic mass is 16.5. The number of nitrogens with one attached hydrogen (secondary N) is 1. The van der Waals surface area contributed by atoms with Gasteiger partial charge in [-0.2, -0.15) is 0 Å². The van der Waals surface area contributed by atoms with E-state index < -0.39 is 5.97 Å². The fraction of sp³-hybridized carbons (Fsp3) is 0.583. The lowest BCUT2D eigenvalue weighted by atomic mass is 10.1. The number of hydrogen-bond donors (Lipinski definition) is 2. The number of hydrogen-bond acceptors (Lipinski definition) is 6. The van der Waals surface area contributed by atoms with E-state index in [9.17, 15) is 4.79 Å². The van der Waals surface area contributed by atoms with Crippen molar-refractivity contribution >= 4 is 11.8 Å². The number of carbonyl (C=O) groups is 1. The molecule has 6 nitrogen and oxygen atoms in total. The van der Waals surface area contributed by atoms with E-state index in [1.54, 1.807) is 12.1 Å². The van der Waals surface area contributed by atoms with Crippen molar-refractivity contribution in [2.24, 2.45) is 5.73 Å². The number of nitrogens with zero attached hydrogens (tertiary/aromatic N) is 2. The minimum absolute atomic E-state index is 0.184. The Balaban J connectivity index is 2.59. The summed E-state index contributed by atoms with van der Waals surface area (Å²) in [5, 5.41) is 10.9. The van der Waals surface area contributed by atoms with Crippen LogP contribution in [-0.2, 0) is 4.74 Å². The normalized spacial score (nSPS) is 11.9. The number of anilines is 1. The molecule has 0 saturated carbocycles. The van der Waals surface area contributed by atoms with Gasteiger partial charge >= 0.3 is 5.97 Å².